The maximum absolute atomic E-state index is 12.3. The van der Waals surface area contributed by atoms with Crippen molar-refractivity contribution in [3.05, 3.63) is 66.3 Å². The van der Waals surface area contributed by atoms with Gasteiger partial charge in [-0.2, -0.15) is 0 Å². The lowest BCUT2D eigenvalue weighted by Crippen LogP contribution is -2.60. The summed E-state index contributed by atoms with van der Waals surface area (Å²) in [5.41, 5.74) is 2.12. The first-order valence-electron chi connectivity index (χ1n) is 13.2. The molecule has 2 heterocycles. The first-order valence-corrected chi connectivity index (χ1v) is 13.2. The highest BCUT2D eigenvalue weighted by Crippen LogP contribution is 2.53. The van der Waals surface area contributed by atoms with Crippen LogP contribution in [0.5, 0.6) is 5.75 Å². The van der Waals surface area contributed by atoms with Crippen molar-refractivity contribution in [3.63, 3.8) is 0 Å². The molecule has 2 saturated heterocycles. The lowest BCUT2D eigenvalue weighted by molar-refractivity contribution is -0.308. The molecule has 40 heavy (non-hydrogen) atoms. The third-order valence-electron chi connectivity index (χ3n) is 8.43. The lowest BCUT2D eigenvalue weighted by atomic mass is 9.81. The molecule has 1 aromatic carbocycles. The van der Waals surface area contributed by atoms with Crippen molar-refractivity contribution < 1.29 is 54.1 Å². The number of hydrogen-bond donors (Lipinski definition) is 5. The van der Waals surface area contributed by atoms with Crippen LogP contribution in [0, 0.1) is 17.8 Å². The van der Waals surface area contributed by atoms with Crippen LogP contribution in [-0.4, -0.2) is 93.1 Å². The molecule has 0 amide bonds. The molecule has 2 saturated carbocycles. The predicted molar refractivity (Wildman–Crippen MR) is 137 cm³/mol. The summed E-state index contributed by atoms with van der Waals surface area (Å²) < 4.78 is 22.7. The van der Waals surface area contributed by atoms with Gasteiger partial charge in [0.15, 0.2) is 6.29 Å². The highest BCUT2D eigenvalue weighted by atomic mass is 16.7. The van der Waals surface area contributed by atoms with Gasteiger partial charge in [-0.25, -0.2) is 4.79 Å². The van der Waals surface area contributed by atoms with E-state index in [0.29, 0.717) is 17.6 Å². The summed E-state index contributed by atoms with van der Waals surface area (Å²) in [5.74, 6) is -2.37. The number of hydrogen-bond acceptors (Lipinski definition) is 11. The summed E-state index contributed by atoms with van der Waals surface area (Å²) >= 11 is 0. The number of ether oxygens (including phenoxy) is 4. The van der Waals surface area contributed by atoms with Gasteiger partial charge in [0.2, 0.25) is 0 Å². The molecule has 1 aromatic rings. The number of benzene rings is 1. The smallest absolute Gasteiger partial charge is 0.334 e. The molecule has 216 valence electrons. The molecule has 0 bridgehead atoms. The lowest BCUT2D eigenvalue weighted by Gasteiger charge is -2.41. The predicted octanol–water partition coefficient (Wildman–Crippen LogP) is 0.282. The number of esters is 2. The minimum atomic E-state index is -1.65. The Morgan fingerprint density at radius 1 is 1.00 bits per heavy atom. The van der Waals surface area contributed by atoms with Crippen LogP contribution in [0.15, 0.2) is 60.7 Å². The quantitative estimate of drug-likeness (QED) is 0.184. The van der Waals surface area contributed by atoms with E-state index in [9.17, 15) is 35.1 Å². The third-order valence-corrected chi connectivity index (χ3v) is 8.43. The normalized spacial score (nSPS) is 39.4. The molecule has 0 aromatic heterocycles. The third kappa shape index (κ3) is 5.20. The summed E-state index contributed by atoms with van der Waals surface area (Å²) in [4.78, 5) is 24.6. The Hall–Kier alpha value is -3.06. The van der Waals surface area contributed by atoms with E-state index in [0.717, 1.165) is 5.57 Å². The molecule has 5 N–H and O–H groups in total. The minimum Gasteiger partial charge on any atom is -0.508 e. The van der Waals surface area contributed by atoms with E-state index in [-0.39, 0.29) is 30.1 Å². The zero-order valence-corrected chi connectivity index (χ0v) is 21.8. The molecule has 2 aliphatic heterocycles. The van der Waals surface area contributed by atoms with E-state index in [1.165, 1.54) is 12.1 Å². The van der Waals surface area contributed by atoms with Crippen molar-refractivity contribution >= 4 is 11.9 Å². The van der Waals surface area contributed by atoms with Gasteiger partial charge in [0.25, 0.3) is 0 Å². The van der Waals surface area contributed by atoms with Gasteiger partial charge in [-0.3, -0.25) is 4.79 Å². The highest BCUT2D eigenvalue weighted by molar-refractivity contribution is 5.91. The second-order valence-corrected chi connectivity index (χ2v) is 11.0. The average molecular weight is 559 g/mol. The van der Waals surface area contributed by atoms with Gasteiger partial charge in [0.1, 0.15) is 42.9 Å². The van der Waals surface area contributed by atoms with Gasteiger partial charge >= 0.3 is 11.9 Å². The topological polar surface area (TPSA) is 172 Å². The van der Waals surface area contributed by atoms with Crippen LogP contribution in [0.2, 0.25) is 0 Å². The van der Waals surface area contributed by atoms with Gasteiger partial charge in [-0.05, 0) is 42.0 Å². The van der Waals surface area contributed by atoms with Crippen LogP contribution in [0.1, 0.15) is 18.4 Å². The monoisotopic (exact) mass is 558 g/mol. The molecule has 0 radical (unpaired) electrons. The molecular formula is C29H34O11. The molecule has 4 fully saturated rings. The number of phenolic OH excluding ortho intramolecular Hbond substituents is 1. The SMILES string of the molecule is C=C1C(=O)O[C@H]2[C@H]3C(=C)[C@@H](O[C@@H]4O[C@H](COC(=O)Cc5ccc(O)cc5)[C@@H](O)[C@H](O)[C@H]4O)C[C@H]3C(=C)C[C@@H](O)[C@@H]12. The van der Waals surface area contributed by atoms with E-state index in [1.54, 1.807) is 12.1 Å². The largest absolute Gasteiger partial charge is 0.508 e. The van der Waals surface area contributed by atoms with Crippen molar-refractivity contribution in [2.45, 2.75) is 68.3 Å². The van der Waals surface area contributed by atoms with E-state index in [2.05, 4.69) is 19.7 Å². The number of phenols is 1. The van der Waals surface area contributed by atoms with Crippen LogP contribution in [0.25, 0.3) is 0 Å². The van der Waals surface area contributed by atoms with Crippen molar-refractivity contribution in [2.24, 2.45) is 17.8 Å². The Balaban J connectivity index is 1.25. The highest BCUT2D eigenvalue weighted by Gasteiger charge is 2.57. The van der Waals surface area contributed by atoms with Crippen molar-refractivity contribution in [3.8, 4) is 5.75 Å². The minimum absolute atomic E-state index is 0.0608. The van der Waals surface area contributed by atoms with Gasteiger partial charge in [0.05, 0.1) is 24.5 Å². The standard InChI is InChI=1S/C29H34O11/c1-12-8-18(31)23-14(3)28(36)40-27(23)22-13(2)19(10-17(12)22)38-29-26(35)25(34)24(33)20(39-29)11-37-21(32)9-15-4-6-16(30)7-5-15/h4-7,17-20,22-27,29-31,33-35H,1-3,8-11H2/t17-,18+,19-,20+,22-,23+,24+,25-,26+,27-,29+/m0/s1. The molecule has 0 spiro atoms. The fourth-order valence-electron chi connectivity index (χ4n) is 6.24. The fraction of sp³-hybridized carbons (Fsp3) is 0.517. The summed E-state index contributed by atoms with van der Waals surface area (Å²) in [6, 6.07) is 6.02. The molecule has 11 nitrogen and oxygen atoms in total. The second kappa shape index (κ2) is 11.1. The number of aromatic hydroxyl groups is 1. The molecular weight excluding hydrogens is 524 g/mol. The zero-order chi connectivity index (χ0) is 28.9. The first-order chi connectivity index (χ1) is 19.0. The second-order valence-electron chi connectivity index (χ2n) is 11.0. The number of carbonyl (C=O) groups excluding carboxylic acids is 2. The zero-order valence-electron chi connectivity index (χ0n) is 21.8. The van der Waals surface area contributed by atoms with E-state index in [4.69, 9.17) is 18.9 Å². The number of rotatable bonds is 6. The maximum Gasteiger partial charge on any atom is 0.334 e. The molecule has 5 rings (SSSR count). The molecule has 2 aliphatic carbocycles. The molecule has 11 atom stereocenters. The van der Waals surface area contributed by atoms with Crippen LogP contribution >= 0.6 is 0 Å². The summed E-state index contributed by atoms with van der Waals surface area (Å²) in [7, 11) is 0. The van der Waals surface area contributed by atoms with Crippen LogP contribution < -0.4 is 0 Å². The molecule has 11 heteroatoms. The van der Waals surface area contributed by atoms with Gasteiger partial charge in [0, 0.05) is 11.5 Å². The average Bonchev–Trinajstić information content (AvgIpc) is 3.36. The van der Waals surface area contributed by atoms with Gasteiger partial charge < -0.3 is 44.5 Å². The Bertz CT molecular complexity index is 1190. The van der Waals surface area contributed by atoms with Crippen LogP contribution in [0.3, 0.4) is 0 Å². The van der Waals surface area contributed by atoms with Gasteiger partial charge in [-0.15, -0.1) is 0 Å². The maximum atomic E-state index is 12.3. The number of aliphatic hydroxyl groups excluding tert-OH is 4. The van der Waals surface area contributed by atoms with E-state index < -0.39 is 79.4 Å². The van der Waals surface area contributed by atoms with E-state index in [1.807, 2.05) is 0 Å². The van der Waals surface area contributed by atoms with Crippen molar-refractivity contribution in [2.75, 3.05) is 6.61 Å². The van der Waals surface area contributed by atoms with Crippen LogP contribution in [0.4, 0.5) is 0 Å². The summed E-state index contributed by atoms with van der Waals surface area (Å²) in [6.45, 7) is 11.7. The number of aliphatic hydroxyl groups is 4. The first kappa shape index (κ1) is 28.5. The Morgan fingerprint density at radius 2 is 1.70 bits per heavy atom. The van der Waals surface area contributed by atoms with Crippen LogP contribution in [-0.2, 0) is 35.0 Å². The van der Waals surface area contributed by atoms with E-state index >= 15 is 0 Å². The summed E-state index contributed by atoms with van der Waals surface area (Å²) in [5, 5.41) is 51.7. The van der Waals surface area contributed by atoms with Crippen molar-refractivity contribution in [1.82, 2.24) is 0 Å². The molecule has 0 unspecified atom stereocenters. The Morgan fingerprint density at radius 3 is 2.40 bits per heavy atom. The Kier molecular flexibility index (Phi) is 7.88. The number of fused-ring (bicyclic) bond motifs is 3. The fourth-order valence-corrected chi connectivity index (χ4v) is 6.24. The Labute approximate surface area is 230 Å². The summed E-state index contributed by atoms with van der Waals surface area (Å²) in [6.07, 6.45) is -9.11. The van der Waals surface area contributed by atoms with Crippen molar-refractivity contribution in [1.29, 1.82) is 0 Å². The van der Waals surface area contributed by atoms with Gasteiger partial charge in [-0.1, -0.05) is 37.4 Å². The number of carbonyl (C=O) groups is 2. The molecule has 4 aliphatic rings.